The van der Waals surface area contributed by atoms with Crippen molar-refractivity contribution in [1.29, 1.82) is 0 Å². The SMILES string of the molecule is CCc1nn(C)c(CNCC(C)N(C)C2CC2)c1Cl. The molecule has 1 aliphatic carbocycles. The van der Waals surface area contributed by atoms with E-state index in [1.165, 1.54) is 12.8 Å². The van der Waals surface area contributed by atoms with E-state index in [1.54, 1.807) is 0 Å². The highest BCUT2D eigenvalue weighted by atomic mass is 35.5. The Balaban J connectivity index is 1.83. The molecular formula is C14H25ClN4. The Morgan fingerprint density at radius 2 is 2.21 bits per heavy atom. The molecule has 1 saturated carbocycles. The second kappa shape index (κ2) is 6.25. The molecule has 2 rings (SSSR count). The Morgan fingerprint density at radius 3 is 2.74 bits per heavy atom. The van der Waals surface area contributed by atoms with E-state index in [4.69, 9.17) is 11.6 Å². The van der Waals surface area contributed by atoms with Crippen LogP contribution in [0, 0.1) is 0 Å². The zero-order valence-corrected chi connectivity index (χ0v) is 13.2. The first-order chi connectivity index (χ1) is 9.04. The lowest BCUT2D eigenvalue weighted by molar-refractivity contribution is 0.240. The highest BCUT2D eigenvalue weighted by Crippen LogP contribution is 2.26. The maximum Gasteiger partial charge on any atom is 0.0863 e. The van der Waals surface area contributed by atoms with Crippen molar-refractivity contribution in [3.63, 3.8) is 0 Å². The second-order valence-electron chi connectivity index (χ2n) is 5.56. The number of nitrogens with one attached hydrogen (secondary N) is 1. The lowest BCUT2D eigenvalue weighted by atomic mass is 10.2. The Hall–Kier alpha value is -0.580. The molecule has 0 aromatic carbocycles. The summed E-state index contributed by atoms with van der Waals surface area (Å²) >= 11 is 6.33. The van der Waals surface area contributed by atoms with Crippen LogP contribution in [0.15, 0.2) is 0 Å². The van der Waals surface area contributed by atoms with Gasteiger partial charge in [0, 0.05) is 32.2 Å². The standard InChI is InChI=1S/C14H25ClN4/c1-5-12-14(15)13(19(4)17-12)9-16-8-10(2)18(3)11-6-7-11/h10-11,16H,5-9H2,1-4H3. The summed E-state index contributed by atoms with van der Waals surface area (Å²) in [6, 6.07) is 1.37. The van der Waals surface area contributed by atoms with Crippen LogP contribution < -0.4 is 5.32 Å². The molecule has 108 valence electrons. The Bertz CT molecular complexity index is 425. The van der Waals surface area contributed by atoms with E-state index in [-0.39, 0.29) is 0 Å². The van der Waals surface area contributed by atoms with Crippen LogP contribution in [0.3, 0.4) is 0 Å². The van der Waals surface area contributed by atoms with Gasteiger partial charge in [0.15, 0.2) is 0 Å². The Kier molecular flexibility index (Phi) is 4.87. The first-order valence-electron chi connectivity index (χ1n) is 7.17. The predicted molar refractivity (Wildman–Crippen MR) is 79.5 cm³/mol. The van der Waals surface area contributed by atoms with Gasteiger partial charge in [-0.15, -0.1) is 0 Å². The number of hydrogen-bond acceptors (Lipinski definition) is 3. The fourth-order valence-electron chi connectivity index (χ4n) is 2.40. The van der Waals surface area contributed by atoms with Gasteiger partial charge in [-0.2, -0.15) is 5.10 Å². The second-order valence-corrected chi connectivity index (χ2v) is 5.94. The van der Waals surface area contributed by atoms with Crippen LogP contribution in [0.5, 0.6) is 0 Å². The smallest absolute Gasteiger partial charge is 0.0863 e. The van der Waals surface area contributed by atoms with Crippen molar-refractivity contribution < 1.29 is 0 Å². The number of nitrogens with zero attached hydrogens (tertiary/aromatic N) is 3. The van der Waals surface area contributed by atoms with Crippen LogP contribution in [0.2, 0.25) is 5.02 Å². The van der Waals surface area contributed by atoms with Crippen LogP contribution in [0.1, 0.15) is 38.1 Å². The zero-order valence-electron chi connectivity index (χ0n) is 12.4. The largest absolute Gasteiger partial charge is 0.310 e. The van der Waals surface area contributed by atoms with Gasteiger partial charge in [0.2, 0.25) is 0 Å². The zero-order chi connectivity index (χ0) is 14.0. The summed E-state index contributed by atoms with van der Waals surface area (Å²) < 4.78 is 1.89. The number of aryl methyl sites for hydroxylation is 2. The van der Waals surface area contributed by atoms with Crippen LogP contribution >= 0.6 is 11.6 Å². The molecule has 1 aliphatic rings. The quantitative estimate of drug-likeness (QED) is 0.833. The summed E-state index contributed by atoms with van der Waals surface area (Å²) in [5.74, 6) is 0. The van der Waals surface area contributed by atoms with Crippen LogP contribution in [-0.2, 0) is 20.0 Å². The molecule has 1 aromatic rings. The van der Waals surface area contributed by atoms with Gasteiger partial charge in [-0.25, -0.2) is 0 Å². The topological polar surface area (TPSA) is 33.1 Å². The van der Waals surface area contributed by atoms with Crippen LogP contribution in [0.4, 0.5) is 0 Å². The van der Waals surface area contributed by atoms with Crippen molar-refractivity contribution in [2.45, 2.75) is 51.7 Å². The van der Waals surface area contributed by atoms with Gasteiger partial charge in [-0.1, -0.05) is 18.5 Å². The fraction of sp³-hybridized carbons (Fsp3) is 0.786. The van der Waals surface area contributed by atoms with E-state index in [0.717, 1.165) is 42.0 Å². The van der Waals surface area contributed by atoms with Crippen molar-refractivity contribution >= 4 is 11.6 Å². The lowest BCUT2D eigenvalue weighted by Gasteiger charge is -2.24. The molecule has 1 atom stereocenters. The molecule has 4 nitrogen and oxygen atoms in total. The molecule has 19 heavy (non-hydrogen) atoms. The van der Waals surface area contributed by atoms with E-state index < -0.39 is 0 Å². The van der Waals surface area contributed by atoms with Gasteiger partial charge in [-0.3, -0.25) is 9.58 Å². The monoisotopic (exact) mass is 284 g/mol. The maximum absolute atomic E-state index is 6.33. The molecule has 1 N–H and O–H groups in total. The Labute approximate surface area is 121 Å². The number of aromatic nitrogens is 2. The highest BCUT2D eigenvalue weighted by Gasteiger charge is 2.28. The van der Waals surface area contributed by atoms with Crippen molar-refractivity contribution in [3.05, 3.63) is 16.4 Å². The van der Waals surface area contributed by atoms with Gasteiger partial charge in [-0.05, 0) is 33.2 Å². The third-order valence-electron chi connectivity index (χ3n) is 4.05. The normalized spacial score (nSPS) is 17.2. The number of hydrogen-bond donors (Lipinski definition) is 1. The molecule has 0 radical (unpaired) electrons. The third-order valence-corrected chi connectivity index (χ3v) is 4.49. The summed E-state index contributed by atoms with van der Waals surface area (Å²) in [5.41, 5.74) is 2.07. The molecule has 1 aromatic heterocycles. The minimum Gasteiger partial charge on any atom is -0.310 e. The molecule has 5 heteroatoms. The molecule has 0 spiro atoms. The first-order valence-corrected chi connectivity index (χ1v) is 7.55. The van der Waals surface area contributed by atoms with Crippen molar-refractivity contribution in [3.8, 4) is 0 Å². The fourth-order valence-corrected chi connectivity index (χ4v) is 2.76. The number of halogens is 1. The molecule has 0 saturated heterocycles. The van der Waals surface area contributed by atoms with E-state index in [9.17, 15) is 0 Å². The van der Waals surface area contributed by atoms with E-state index in [0.29, 0.717) is 6.04 Å². The van der Waals surface area contributed by atoms with Crippen molar-refractivity contribution in [2.24, 2.45) is 7.05 Å². The minimum atomic E-state index is 0.560. The number of likely N-dealkylation sites (N-methyl/N-ethyl adjacent to an activating group) is 1. The highest BCUT2D eigenvalue weighted by molar-refractivity contribution is 6.31. The van der Waals surface area contributed by atoms with Crippen molar-refractivity contribution in [2.75, 3.05) is 13.6 Å². The Morgan fingerprint density at radius 1 is 1.53 bits per heavy atom. The van der Waals surface area contributed by atoms with Gasteiger partial charge >= 0.3 is 0 Å². The summed E-state index contributed by atoms with van der Waals surface area (Å²) in [7, 11) is 4.18. The van der Waals surface area contributed by atoms with Gasteiger partial charge in [0.1, 0.15) is 0 Å². The molecule has 1 fully saturated rings. The first kappa shape index (κ1) is 14.8. The molecule has 1 heterocycles. The predicted octanol–water partition coefficient (Wildman–Crippen LogP) is 2.21. The molecule has 0 bridgehead atoms. The van der Waals surface area contributed by atoms with Crippen molar-refractivity contribution in [1.82, 2.24) is 20.0 Å². The summed E-state index contributed by atoms with van der Waals surface area (Å²) in [5, 5.41) is 8.75. The van der Waals surface area contributed by atoms with E-state index >= 15 is 0 Å². The summed E-state index contributed by atoms with van der Waals surface area (Å²) in [6.07, 6.45) is 3.59. The van der Waals surface area contributed by atoms with E-state index in [2.05, 4.69) is 36.2 Å². The van der Waals surface area contributed by atoms with Gasteiger partial charge < -0.3 is 5.32 Å². The minimum absolute atomic E-state index is 0.560. The van der Waals surface area contributed by atoms with E-state index in [1.807, 2.05) is 11.7 Å². The summed E-state index contributed by atoms with van der Waals surface area (Å²) in [4.78, 5) is 2.47. The average molecular weight is 285 g/mol. The summed E-state index contributed by atoms with van der Waals surface area (Å²) in [6.45, 7) is 6.12. The van der Waals surface area contributed by atoms with Crippen LogP contribution in [0.25, 0.3) is 0 Å². The maximum atomic E-state index is 6.33. The van der Waals surface area contributed by atoms with Gasteiger partial charge in [0.05, 0.1) is 16.4 Å². The van der Waals surface area contributed by atoms with Crippen LogP contribution in [-0.4, -0.2) is 40.4 Å². The number of rotatable bonds is 7. The average Bonchev–Trinajstić information content (AvgIpc) is 3.19. The third kappa shape index (κ3) is 3.50. The molecule has 0 aliphatic heterocycles. The molecular weight excluding hydrogens is 260 g/mol. The lowest BCUT2D eigenvalue weighted by Crippen LogP contribution is -2.39. The molecule has 1 unspecified atom stereocenters. The molecule has 0 amide bonds. The van der Waals surface area contributed by atoms with Gasteiger partial charge in [0.25, 0.3) is 0 Å².